The lowest BCUT2D eigenvalue weighted by Crippen LogP contribution is -2.66. The number of alkyl halides is 3. The first-order valence-corrected chi connectivity index (χ1v) is 10.8. The number of carbonyl (C=O) groups excluding carboxylic acids is 1. The fourth-order valence-electron chi connectivity index (χ4n) is 3.64. The van der Waals surface area contributed by atoms with Crippen molar-refractivity contribution in [3.63, 3.8) is 0 Å². The van der Waals surface area contributed by atoms with Crippen molar-refractivity contribution < 1.29 is 18.0 Å². The van der Waals surface area contributed by atoms with Crippen LogP contribution in [0.15, 0.2) is 48.9 Å². The Morgan fingerprint density at radius 3 is 2.78 bits per heavy atom. The minimum atomic E-state index is -4.50. The number of benzene rings is 1. The summed E-state index contributed by atoms with van der Waals surface area (Å²) in [5.74, 6) is 0. The summed E-state index contributed by atoms with van der Waals surface area (Å²) in [6, 6.07) is 9.52. The number of rotatable bonds is 8. The van der Waals surface area contributed by atoms with Crippen LogP contribution in [0.25, 0.3) is 22.5 Å². The molecule has 0 saturated carbocycles. The number of amides is 2. The highest BCUT2D eigenvalue weighted by atomic mass is 19.4. The molecule has 5 N–H and O–H groups in total. The minimum Gasteiger partial charge on any atom is -0.381 e. The number of halogens is 3. The van der Waals surface area contributed by atoms with Crippen LogP contribution in [0.2, 0.25) is 0 Å². The molecule has 0 atom stereocenters. The second-order valence-electron chi connectivity index (χ2n) is 8.27. The largest absolute Gasteiger partial charge is 0.405 e. The molecule has 3 aromatic rings. The van der Waals surface area contributed by atoms with Crippen molar-refractivity contribution in [1.29, 1.82) is 10.7 Å². The normalized spacial score (nSPS) is 15.0. The zero-order valence-corrected chi connectivity index (χ0v) is 18.9. The fourth-order valence-corrected chi connectivity index (χ4v) is 3.64. The number of hydrogen-bond donors (Lipinski definition) is 5. The standard InChI is InChI=1S/C23H22F3N9O/c24-23(25,26)14-31-21(36)34-18-3-1-2-15(6-18)19-11-30-20-7-16(10-33-35(19)20)17(8-28)9-32-22(4-5-27)12-29-13-22/h1-3,6-11,28-29,32H,4,12-14H2,(H2,31,34,36)/b17-9+,28-8?. The van der Waals surface area contributed by atoms with E-state index >= 15 is 0 Å². The van der Waals surface area contributed by atoms with E-state index in [2.05, 4.69) is 32.1 Å². The second-order valence-corrected chi connectivity index (χ2v) is 8.27. The smallest absolute Gasteiger partial charge is 0.381 e. The second kappa shape index (κ2) is 10.0. The average molecular weight is 497 g/mol. The Kier molecular flexibility index (Phi) is 6.89. The number of urea groups is 1. The number of nitrogens with zero attached hydrogens (tertiary/aromatic N) is 4. The van der Waals surface area contributed by atoms with Crippen LogP contribution in [0.4, 0.5) is 23.7 Å². The maximum absolute atomic E-state index is 12.3. The van der Waals surface area contributed by atoms with E-state index in [-0.39, 0.29) is 5.54 Å². The molecule has 1 aliphatic heterocycles. The van der Waals surface area contributed by atoms with Gasteiger partial charge in [-0.15, -0.1) is 0 Å². The van der Waals surface area contributed by atoms with Crippen LogP contribution in [0.1, 0.15) is 12.0 Å². The van der Waals surface area contributed by atoms with Crippen molar-refractivity contribution in [2.75, 3.05) is 25.0 Å². The average Bonchev–Trinajstić information content (AvgIpc) is 3.24. The molecule has 0 spiro atoms. The summed E-state index contributed by atoms with van der Waals surface area (Å²) in [5.41, 5.74) is 2.90. The molecule has 1 fully saturated rings. The first-order chi connectivity index (χ1) is 17.2. The van der Waals surface area contributed by atoms with Crippen LogP contribution in [0.3, 0.4) is 0 Å². The number of anilines is 1. The van der Waals surface area contributed by atoms with Gasteiger partial charge in [-0.3, -0.25) is 0 Å². The predicted octanol–water partition coefficient (Wildman–Crippen LogP) is 2.92. The van der Waals surface area contributed by atoms with Crippen LogP contribution in [0.5, 0.6) is 0 Å². The van der Waals surface area contributed by atoms with Crippen molar-refractivity contribution in [3.8, 4) is 17.3 Å². The molecular formula is C23H22F3N9O. The van der Waals surface area contributed by atoms with Gasteiger partial charge in [0.15, 0.2) is 5.65 Å². The highest BCUT2D eigenvalue weighted by Gasteiger charge is 2.35. The van der Waals surface area contributed by atoms with Crippen LogP contribution in [0, 0.1) is 16.7 Å². The third-order valence-corrected chi connectivity index (χ3v) is 5.59. The summed E-state index contributed by atoms with van der Waals surface area (Å²) < 4.78 is 38.5. The van der Waals surface area contributed by atoms with Gasteiger partial charge in [-0.1, -0.05) is 12.1 Å². The molecule has 2 amide bonds. The van der Waals surface area contributed by atoms with E-state index < -0.39 is 18.8 Å². The van der Waals surface area contributed by atoms with Gasteiger partial charge in [-0.25, -0.2) is 14.3 Å². The molecule has 1 aromatic carbocycles. The van der Waals surface area contributed by atoms with E-state index in [9.17, 15) is 18.0 Å². The number of carbonyl (C=O) groups is 1. The van der Waals surface area contributed by atoms with E-state index in [4.69, 9.17) is 10.7 Å². The Morgan fingerprint density at radius 1 is 1.31 bits per heavy atom. The lowest BCUT2D eigenvalue weighted by atomic mass is 9.89. The van der Waals surface area contributed by atoms with Gasteiger partial charge in [-0.2, -0.15) is 23.5 Å². The minimum absolute atomic E-state index is 0.302. The van der Waals surface area contributed by atoms with Gasteiger partial charge in [-0.05, 0) is 18.2 Å². The summed E-state index contributed by atoms with van der Waals surface area (Å²) >= 11 is 0. The number of fused-ring (bicyclic) bond motifs is 1. The molecule has 0 radical (unpaired) electrons. The van der Waals surface area contributed by atoms with Crippen molar-refractivity contribution in [2.24, 2.45) is 0 Å². The molecule has 2 aromatic heterocycles. The van der Waals surface area contributed by atoms with E-state index in [1.54, 1.807) is 58.8 Å². The Morgan fingerprint density at radius 2 is 2.11 bits per heavy atom. The molecule has 1 aliphatic rings. The maximum Gasteiger partial charge on any atom is 0.405 e. The van der Waals surface area contributed by atoms with Crippen LogP contribution >= 0.6 is 0 Å². The quantitative estimate of drug-likeness (QED) is 0.303. The summed E-state index contributed by atoms with van der Waals surface area (Å²) in [5, 5.41) is 31.8. The third kappa shape index (κ3) is 5.61. The Bertz CT molecular complexity index is 1350. The van der Waals surface area contributed by atoms with Gasteiger partial charge >= 0.3 is 12.2 Å². The van der Waals surface area contributed by atoms with Crippen LogP contribution in [-0.4, -0.2) is 58.2 Å². The van der Waals surface area contributed by atoms with Gasteiger partial charge in [0.25, 0.3) is 0 Å². The van der Waals surface area contributed by atoms with Crippen molar-refractivity contribution in [3.05, 3.63) is 54.5 Å². The lowest BCUT2D eigenvalue weighted by Gasteiger charge is -2.41. The summed E-state index contributed by atoms with van der Waals surface area (Å²) in [7, 11) is 0. The molecule has 1 saturated heterocycles. The third-order valence-electron chi connectivity index (χ3n) is 5.59. The molecule has 13 heteroatoms. The number of imidazole rings is 1. The molecule has 186 valence electrons. The Hall–Kier alpha value is -4.44. The van der Waals surface area contributed by atoms with E-state index in [0.717, 1.165) is 0 Å². The zero-order chi connectivity index (χ0) is 25.8. The molecule has 10 nitrogen and oxygen atoms in total. The summed E-state index contributed by atoms with van der Waals surface area (Å²) in [6.07, 6.45) is 1.88. The maximum atomic E-state index is 12.3. The predicted molar refractivity (Wildman–Crippen MR) is 127 cm³/mol. The van der Waals surface area contributed by atoms with Gasteiger partial charge in [0.05, 0.1) is 36.1 Å². The van der Waals surface area contributed by atoms with Gasteiger partial charge in [0.2, 0.25) is 0 Å². The number of allylic oxidation sites excluding steroid dienone is 1. The molecule has 0 unspecified atom stereocenters. The Balaban J connectivity index is 1.53. The van der Waals surface area contributed by atoms with Crippen LogP contribution < -0.4 is 21.3 Å². The first-order valence-electron chi connectivity index (χ1n) is 10.8. The monoisotopic (exact) mass is 497 g/mol. The van der Waals surface area contributed by atoms with Crippen molar-refractivity contribution in [2.45, 2.75) is 18.1 Å². The highest BCUT2D eigenvalue weighted by Crippen LogP contribution is 2.25. The van der Waals surface area contributed by atoms with Gasteiger partial charge in [0, 0.05) is 47.9 Å². The fraction of sp³-hybridized carbons (Fsp3) is 0.261. The number of hydrogen-bond acceptors (Lipinski definition) is 7. The first kappa shape index (κ1) is 24.7. The molecule has 36 heavy (non-hydrogen) atoms. The summed E-state index contributed by atoms with van der Waals surface area (Å²) in [4.78, 5) is 16.2. The van der Waals surface area contributed by atoms with E-state index in [1.165, 1.54) is 6.21 Å². The van der Waals surface area contributed by atoms with Crippen molar-refractivity contribution in [1.82, 2.24) is 30.5 Å². The summed E-state index contributed by atoms with van der Waals surface area (Å²) in [6.45, 7) is -0.127. The topological polar surface area (TPSA) is 143 Å². The van der Waals surface area contributed by atoms with Crippen molar-refractivity contribution >= 4 is 29.2 Å². The van der Waals surface area contributed by atoms with E-state index in [0.29, 0.717) is 53.2 Å². The Labute approximate surface area is 203 Å². The number of aromatic nitrogens is 3. The molecule has 4 rings (SSSR count). The van der Waals surface area contributed by atoms with E-state index in [1.807, 2.05) is 0 Å². The van der Waals surface area contributed by atoms with Gasteiger partial charge in [0.1, 0.15) is 6.54 Å². The SMILES string of the molecule is N#CCC1(N/C=C(\C=N)c2cnn3c(-c4cccc(NC(=O)NCC(F)(F)F)c4)cnc3c2)CNC1. The lowest BCUT2D eigenvalue weighted by molar-refractivity contribution is -0.122. The highest BCUT2D eigenvalue weighted by molar-refractivity contribution is 6.08. The van der Waals surface area contributed by atoms with Gasteiger partial charge < -0.3 is 26.7 Å². The number of nitriles is 1. The molecule has 0 bridgehead atoms. The molecular weight excluding hydrogens is 475 g/mol. The number of nitrogens with one attached hydrogen (secondary N) is 5. The molecule has 0 aliphatic carbocycles. The molecule has 3 heterocycles. The zero-order valence-electron chi connectivity index (χ0n) is 18.9. The van der Waals surface area contributed by atoms with Crippen LogP contribution in [-0.2, 0) is 0 Å².